The topological polar surface area (TPSA) is 59.1 Å². The molecule has 176 valence electrons. The molecular weight excluding hydrogens is 440 g/mol. The average molecular weight is 471 g/mol. The molecule has 0 bridgehead atoms. The summed E-state index contributed by atoms with van der Waals surface area (Å²) in [5.41, 5.74) is 0.578. The van der Waals surface area contributed by atoms with E-state index in [2.05, 4.69) is 0 Å². The molecule has 0 N–H and O–H groups in total. The summed E-state index contributed by atoms with van der Waals surface area (Å²) >= 11 is 5.95. The number of amides is 2. The van der Waals surface area contributed by atoms with Crippen molar-refractivity contribution in [2.75, 3.05) is 26.7 Å². The zero-order valence-corrected chi connectivity index (χ0v) is 19.8. The predicted octanol–water partition coefficient (Wildman–Crippen LogP) is 4.80. The van der Waals surface area contributed by atoms with Crippen LogP contribution in [0.5, 0.6) is 11.5 Å². The highest BCUT2D eigenvalue weighted by molar-refractivity contribution is 6.30. The highest BCUT2D eigenvalue weighted by Gasteiger charge is 2.35. The molecule has 1 aliphatic carbocycles. The molecule has 7 heteroatoms. The Labute approximate surface area is 200 Å². The van der Waals surface area contributed by atoms with Crippen LogP contribution < -0.4 is 9.47 Å². The number of halogens is 1. The summed E-state index contributed by atoms with van der Waals surface area (Å²) in [5.74, 6) is 1.15. The number of nitrogens with zero attached hydrogens (tertiary/aromatic N) is 2. The first-order valence-corrected chi connectivity index (χ1v) is 12.1. The van der Waals surface area contributed by atoms with Gasteiger partial charge < -0.3 is 19.3 Å². The second-order valence-electron chi connectivity index (χ2n) is 8.77. The molecule has 2 aliphatic rings. The fourth-order valence-electron chi connectivity index (χ4n) is 4.65. The molecule has 6 nitrogen and oxygen atoms in total. The number of rotatable bonds is 3. The monoisotopic (exact) mass is 470 g/mol. The molecule has 4 rings (SSSR count). The summed E-state index contributed by atoms with van der Waals surface area (Å²) in [6.07, 6.45) is 5.31. The van der Waals surface area contributed by atoms with Gasteiger partial charge in [0.25, 0.3) is 11.8 Å². The molecule has 0 saturated heterocycles. The molecule has 2 amide bonds. The Morgan fingerprint density at radius 1 is 1.03 bits per heavy atom. The van der Waals surface area contributed by atoms with Gasteiger partial charge in [0.15, 0.2) is 6.61 Å². The van der Waals surface area contributed by atoms with Crippen molar-refractivity contribution in [3.8, 4) is 11.5 Å². The van der Waals surface area contributed by atoms with E-state index in [4.69, 9.17) is 21.1 Å². The SMILES string of the molecule is CN1CCCCN(C(=O)COc2ccc(Cl)cc2)[C@@H]2CCCC[C@@H]2Oc2ccccc2C1=O. The molecule has 2 aromatic rings. The van der Waals surface area contributed by atoms with Crippen LogP contribution in [0.4, 0.5) is 0 Å². The Kier molecular flexibility index (Phi) is 7.76. The molecule has 2 aromatic carbocycles. The summed E-state index contributed by atoms with van der Waals surface area (Å²) < 4.78 is 12.2. The van der Waals surface area contributed by atoms with Crippen LogP contribution in [0.1, 0.15) is 48.9 Å². The Bertz CT molecular complexity index is 965. The number of hydrogen-bond acceptors (Lipinski definition) is 4. The van der Waals surface area contributed by atoms with E-state index in [0.717, 1.165) is 38.5 Å². The van der Waals surface area contributed by atoms with Gasteiger partial charge >= 0.3 is 0 Å². The van der Waals surface area contributed by atoms with Crippen LogP contribution in [0.3, 0.4) is 0 Å². The van der Waals surface area contributed by atoms with E-state index in [1.807, 2.05) is 36.2 Å². The minimum Gasteiger partial charge on any atom is -0.487 e. The summed E-state index contributed by atoms with van der Waals surface area (Å²) in [5, 5.41) is 0.627. The molecule has 33 heavy (non-hydrogen) atoms. The quantitative estimate of drug-likeness (QED) is 0.646. The van der Waals surface area contributed by atoms with Crippen LogP contribution >= 0.6 is 11.6 Å². The number of hydrogen-bond donors (Lipinski definition) is 0. The van der Waals surface area contributed by atoms with Gasteiger partial charge in [0.1, 0.15) is 17.6 Å². The van der Waals surface area contributed by atoms with E-state index < -0.39 is 0 Å². The lowest BCUT2D eigenvalue weighted by Gasteiger charge is -2.40. The third-order valence-corrected chi connectivity index (χ3v) is 6.70. The second kappa shape index (κ2) is 10.9. The van der Waals surface area contributed by atoms with Crippen LogP contribution in [-0.2, 0) is 4.79 Å². The molecule has 0 unspecified atom stereocenters. The number of benzene rings is 2. The predicted molar refractivity (Wildman–Crippen MR) is 128 cm³/mol. The van der Waals surface area contributed by atoms with Gasteiger partial charge in [-0.2, -0.15) is 0 Å². The third kappa shape index (κ3) is 5.80. The summed E-state index contributed by atoms with van der Waals surface area (Å²) in [6, 6.07) is 14.4. The first kappa shape index (κ1) is 23.4. The van der Waals surface area contributed by atoms with Crippen molar-refractivity contribution in [1.82, 2.24) is 9.80 Å². The number of carbonyl (C=O) groups excluding carboxylic acids is 2. The van der Waals surface area contributed by atoms with Gasteiger partial charge in [-0.1, -0.05) is 30.2 Å². The molecule has 0 radical (unpaired) electrons. The molecule has 1 saturated carbocycles. The van der Waals surface area contributed by atoms with Gasteiger partial charge in [-0.25, -0.2) is 0 Å². The van der Waals surface area contributed by atoms with Gasteiger partial charge in [0.05, 0.1) is 11.6 Å². The fraction of sp³-hybridized carbons (Fsp3) is 0.462. The van der Waals surface area contributed by atoms with Crippen LogP contribution in [0.25, 0.3) is 0 Å². The van der Waals surface area contributed by atoms with E-state index in [-0.39, 0.29) is 30.6 Å². The first-order chi connectivity index (χ1) is 16.0. The van der Waals surface area contributed by atoms with Crippen molar-refractivity contribution in [1.29, 1.82) is 0 Å². The highest BCUT2D eigenvalue weighted by atomic mass is 35.5. The van der Waals surface area contributed by atoms with E-state index in [0.29, 0.717) is 35.2 Å². The molecule has 1 heterocycles. The molecular formula is C26H31ClN2O4. The minimum absolute atomic E-state index is 0.0252. The van der Waals surface area contributed by atoms with Gasteiger partial charge in [0, 0.05) is 25.2 Å². The first-order valence-electron chi connectivity index (χ1n) is 11.7. The summed E-state index contributed by atoms with van der Waals surface area (Å²) in [4.78, 5) is 30.0. The summed E-state index contributed by atoms with van der Waals surface area (Å²) in [7, 11) is 1.82. The van der Waals surface area contributed by atoms with Crippen molar-refractivity contribution in [2.24, 2.45) is 0 Å². The molecule has 0 aromatic heterocycles. The highest BCUT2D eigenvalue weighted by Crippen LogP contribution is 2.30. The van der Waals surface area contributed by atoms with Crippen molar-refractivity contribution < 1.29 is 19.1 Å². The Morgan fingerprint density at radius 2 is 1.76 bits per heavy atom. The fourth-order valence-corrected chi connectivity index (χ4v) is 4.78. The van der Waals surface area contributed by atoms with Crippen LogP contribution in [0.15, 0.2) is 48.5 Å². The largest absolute Gasteiger partial charge is 0.487 e. The zero-order chi connectivity index (χ0) is 23.2. The Hall–Kier alpha value is -2.73. The molecule has 2 atom stereocenters. The third-order valence-electron chi connectivity index (χ3n) is 6.45. The van der Waals surface area contributed by atoms with E-state index in [1.54, 1.807) is 29.2 Å². The molecule has 1 fully saturated rings. The van der Waals surface area contributed by atoms with Crippen molar-refractivity contribution in [3.63, 3.8) is 0 Å². The Balaban J connectivity index is 1.56. The number of fused-ring (bicyclic) bond motifs is 2. The van der Waals surface area contributed by atoms with Gasteiger partial charge in [-0.3, -0.25) is 9.59 Å². The minimum atomic E-state index is -0.156. The van der Waals surface area contributed by atoms with Gasteiger partial charge in [-0.05, 0) is 68.5 Å². The van der Waals surface area contributed by atoms with Crippen LogP contribution in [-0.4, -0.2) is 60.5 Å². The van der Waals surface area contributed by atoms with E-state index in [1.165, 1.54) is 0 Å². The normalized spacial score (nSPS) is 21.7. The molecule has 1 aliphatic heterocycles. The van der Waals surface area contributed by atoms with Crippen LogP contribution in [0.2, 0.25) is 5.02 Å². The number of ether oxygens (including phenoxy) is 2. The maximum atomic E-state index is 13.3. The van der Waals surface area contributed by atoms with Crippen LogP contribution in [0, 0.1) is 0 Å². The average Bonchev–Trinajstić information content (AvgIpc) is 2.83. The number of para-hydroxylation sites is 1. The van der Waals surface area contributed by atoms with Crippen molar-refractivity contribution in [3.05, 3.63) is 59.1 Å². The smallest absolute Gasteiger partial charge is 0.260 e. The van der Waals surface area contributed by atoms with E-state index >= 15 is 0 Å². The maximum absolute atomic E-state index is 13.3. The Morgan fingerprint density at radius 3 is 2.58 bits per heavy atom. The lowest BCUT2D eigenvalue weighted by molar-refractivity contribution is -0.139. The van der Waals surface area contributed by atoms with E-state index in [9.17, 15) is 9.59 Å². The molecule has 0 spiro atoms. The second-order valence-corrected chi connectivity index (χ2v) is 9.20. The lowest BCUT2D eigenvalue weighted by atomic mass is 9.90. The van der Waals surface area contributed by atoms with Gasteiger partial charge in [0.2, 0.25) is 0 Å². The number of carbonyl (C=O) groups is 2. The summed E-state index contributed by atoms with van der Waals surface area (Å²) in [6.45, 7) is 1.22. The van der Waals surface area contributed by atoms with Gasteiger partial charge in [-0.15, -0.1) is 0 Å². The maximum Gasteiger partial charge on any atom is 0.260 e. The zero-order valence-electron chi connectivity index (χ0n) is 19.0. The van der Waals surface area contributed by atoms with Crippen molar-refractivity contribution >= 4 is 23.4 Å². The lowest BCUT2D eigenvalue weighted by Crippen LogP contribution is -2.52. The van der Waals surface area contributed by atoms with Crippen molar-refractivity contribution in [2.45, 2.75) is 50.7 Å². The standard InChI is InChI=1S/C26H31ClN2O4/c1-28-16-6-7-17-29(25(30)18-32-20-14-12-19(27)13-15-20)22-9-3-5-11-24(22)33-23-10-4-2-8-21(23)26(28)31/h2,4,8,10,12-15,22,24H,3,5-7,9,11,16-18H2,1H3/t22-,24+/m1/s1.